The molecule has 1 heterocycles. The van der Waals surface area contributed by atoms with E-state index in [4.69, 9.17) is 4.74 Å². The number of thiazole rings is 1. The molecule has 2 aromatic rings. The van der Waals surface area contributed by atoms with Gasteiger partial charge in [-0.1, -0.05) is 18.2 Å². The molecular formula is C20H21F3N2O3S. The minimum absolute atomic E-state index is 0.278. The largest absolute Gasteiger partial charge is 0.573 e. The maximum absolute atomic E-state index is 12.4. The first-order valence-corrected chi connectivity index (χ1v) is 9.84. The molecule has 0 saturated heterocycles. The van der Waals surface area contributed by atoms with Crippen LogP contribution >= 0.6 is 11.3 Å². The summed E-state index contributed by atoms with van der Waals surface area (Å²) in [6.07, 6.45) is -0.194. The second-order valence-electron chi connectivity index (χ2n) is 5.81. The van der Waals surface area contributed by atoms with Crippen molar-refractivity contribution in [3.8, 4) is 17.0 Å². The van der Waals surface area contributed by atoms with Crippen LogP contribution in [-0.2, 0) is 16.0 Å². The zero-order valence-electron chi connectivity index (χ0n) is 16.0. The van der Waals surface area contributed by atoms with Crippen LogP contribution in [0.25, 0.3) is 11.3 Å². The van der Waals surface area contributed by atoms with Gasteiger partial charge in [0.1, 0.15) is 5.75 Å². The lowest BCUT2D eigenvalue weighted by molar-refractivity contribution is -0.274. The minimum atomic E-state index is -4.73. The van der Waals surface area contributed by atoms with Crippen molar-refractivity contribution in [1.29, 1.82) is 0 Å². The SMILES string of the molecule is C/C=C(\C=NCCCc1nc(-c2cccc(OC(F)(F)F)c2)cs1)C(=O)OCC. The number of aromatic nitrogens is 1. The molecule has 5 nitrogen and oxygen atoms in total. The van der Waals surface area contributed by atoms with Gasteiger partial charge in [0.05, 0.1) is 22.9 Å². The Labute approximate surface area is 170 Å². The Bertz CT molecular complexity index is 876. The predicted molar refractivity (Wildman–Crippen MR) is 106 cm³/mol. The van der Waals surface area contributed by atoms with Crippen molar-refractivity contribution in [2.75, 3.05) is 13.2 Å². The first kappa shape index (κ1) is 22.6. The number of aliphatic imine (C=N–C) groups is 1. The fraction of sp³-hybridized carbons (Fsp3) is 0.350. The molecule has 0 radical (unpaired) electrons. The summed E-state index contributed by atoms with van der Waals surface area (Å²) in [4.78, 5) is 20.3. The number of benzene rings is 1. The summed E-state index contributed by atoms with van der Waals surface area (Å²) in [5, 5.41) is 2.65. The van der Waals surface area contributed by atoms with E-state index in [0.717, 1.165) is 11.4 Å². The first-order valence-electron chi connectivity index (χ1n) is 8.96. The number of halogens is 3. The molecule has 0 bridgehead atoms. The Kier molecular flexibility index (Phi) is 8.38. The maximum Gasteiger partial charge on any atom is 0.573 e. The zero-order valence-corrected chi connectivity index (χ0v) is 16.8. The van der Waals surface area contributed by atoms with Gasteiger partial charge in [-0.3, -0.25) is 4.99 Å². The summed E-state index contributed by atoms with van der Waals surface area (Å²) >= 11 is 1.43. The van der Waals surface area contributed by atoms with Crippen LogP contribution in [0.2, 0.25) is 0 Å². The molecule has 0 saturated carbocycles. The summed E-state index contributed by atoms with van der Waals surface area (Å²) in [5.74, 6) is -0.680. The van der Waals surface area contributed by atoms with Gasteiger partial charge >= 0.3 is 12.3 Å². The predicted octanol–water partition coefficient (Wildman–Crippen LogP) is 5.22. The van der Waals surface area contributed by atoms with Crippen molar-refractivity contribution in [2.24, 2.45) is 4.99 Å². The van der Waals surface area contributed by atoms with E-state index in [1.807, 2.05) is 0 Å². The smallest absolute Gasteiger partial charge is 0.462 e. The van der Waals surface area contributed by atoms with E-state index in [0.29, 0.717) is 36.4 Å². The highest BCUT2D eigenvalue weighted by molar-refractivity contribution is 7.09. The summed E-state index contributed by atoms with van der Waals surface area (Å²) in [5.41, 5.74) is 1.56. The fourth-order valence-corrected chi connectivity index (χ4v) is 3.20. The van der Waals surface area contributed by atoms with E-state index in [2.05, 4.69) is 14.7 Å². The minimum Gasteiger partial charge on any atom is -0.462 e. The van der Waals surface area contributed by atoms with Crippen LogP contribution < -0.4 is 4.74 Å². The second kappa shape index (κ2) is 10.8. The number of allylic oxidation sites excluding steroid dienone is 1. The molecule has 1 aromatic heterocycles. The van der Waals surface area contributed by atoms with Crippen molar-refractivity contribution >= 4 is 23.5 Å². The van der Waals surface area contributed by atoms with E-state index in [1.165, 1.54) is 35.8 Å². The normalized spacial score (nSPS) is 12.4. The molecule has 29 heavy (non-hydrogen) atoms. The van der Waals surface area contributed by atoms with Gasteiger partial charge in [0.15, 0.2) is 0 Å². The quantitative estimate of drug-likeness (QED) is 0.239. The number of ether oxygens (including phenoxy) is 2. The van der Waals surface area contributed by atoms with E-state index < -0.39 is 12.3 Å². The number of aryl methyl sites for hydroxylation is 1. The molecule has 9 heteroatoms. The molecule has 0 atom stereocenters. The van der Waals surface area contributed by atoms with Gasteiger partial charge in [0.25, 0.3) is 0 Å². The molecular weight excluding hydrogens is 405 g/mol. The van der Waals surface area contributed by atoms with Crippen molar-refractivity contribution in [3.63, 3.8) is 0 Å². The zero-order chi connectivity index (χ0) is 21.3. The fourth-order valence-electron chi connectivity index (χ4n) is 2.35. The summed E-state index contributed by atoms with van der Waals surface area (Å²) in [6.45, 7) is 4.30. The highest BCUT2D eigenvalue weighted by atomic mass is 32.1. The highest BCUT2D eigenvalue weighted by Crippen LogP contribution is 2.29. The standard InChI is InChI=1S/C20H21F3N2O3S/c1-3-14(19(26)27-4-2)12-24-10-6-9-18-25-17(13-29-18)15-7-5-8-16(11-15)28-20(21,22)23/h3,5,7-8,11-13H,4,6,9-10H2,1-2H3/b14-3+,24-12?. The number of hydrogen-bond donors (Lipinski definition) is 0. The molecule has 0 aliphatic rings. The Morgan fingerprint density at radius 3 is 2.83 bits per heavy atom. The van der Waals surface area contributed by atoms with Crippen molar-refractivity contribution < 1.29 is 27.4 Å². The average Bonchev–Trinajstić information content (AvgIpc) is 3.12. The van der Waals surface area contributed by atoms with Crippen LogP contribution in [0.5, 0.6) is 5.75 Å². The Morgan fingerprint density at radius 1 is 1.34 bits per heavy atom. The number of carbonyl (C=O) groups is 1. The van der Waals surface area contributed by atoms with Crippen molar-refractivity contribution in [3.05, 3.63) is 46.3 Å². The van der Waals surface area contributed by atoms with E-state index >= 15 is 0 Å². The Balaban J connectivity index is 1.89. The van der Waals surface area contributed by atoms with E-state index in [1.54, 1.807) is 31.4 Å². The van der Waals surface area contributed by atoms with Gasteiger partial charge < -0.3 is 9.47 Å². The van der Waals surface area contributed by atoms with Crippen LogP contribution in [0.4, 0.5) is 13.2 Å². The van der Waals surface area contributed by atoms with Crippen LogP contribution in [0.3, 0.4) is 0 Å². The average molecular weight is 426 g/mol. The van der Waals surface area contributed by atoms with Crippen LogP contribution in [0.15, 0.2) is 46.3 Å². The third-order valence-electron chi connectivity index (χ3n) is 3.65. The molecule has 2 rings (SSSR count). The Hall–Kier alpha value is -2.68. The lowest BCUT2D eigenvalue weighted by Crippen LogP contribution is -2.17. The molecule has 0 aliphatic carbocycles. The lowest BCUT2D eigenvalue weighted by atomic mass is 10.1. The molecule has 1 aromatic carbocycles. The number of alkyl halides is 3. The lowest BCUT2D eigenvalue weighted by Gasteiger charge is -2.09. The van der Waals surface area contributed by atoms with Crippen LogP contribution in [0.1, 0.15) is 25.3 Å². The molecule has 0 fully saturated rings. The highest BCUT2D eigenvalue weighted by Gasteiger charge is 2.31. The van der Waals surface area contributed by atoms with Gasteiger partial charge in [-0.05, 0) is 32.4 Å². The summed E-state index contributed by atoms with van der Waals surface area (Å²) < 4.78 is 46.0. The number of nitrogens with zero attached hydrogens (tertiary/aromatic N) is 2. The second-order valence-corrected chi connectivity index (χ2v) is 6.75. The topological polar surface area (TPSA) is 60.8 Å². The number of hydrogen-bond acceptors (Lipinski definition) is 6. The van der Waals surface area contributed by atoms with Gasteiger partial charge in [-0.25, -0.2) is 9.78 Å². The molecule has 0 spiro atoms. The molecule has 0 unspecified atom stereocenters. The van der Waals surface area contributed by atoms with Gasteiger partial charge in [-0.2, -0.15) is 0 Å². The van der Waals surface area contributed by atoms with Crippen LogP contribution in [0, 0.1) is 0 Å². The molecule has 0 aliphatic heterocycles. The van der Waals surface area contributed by atoms with Crippen molar-refractivity contribution in [1.82, 2.24) is 4.98 Å². The monoisotopic (exact) mass is 426 g/mol. The van der Waals surface area contributed by atoms with Gasteiger partial charge in [0.2, 0.25) is 0 Å². The number of rotatable bonds is 9. The molecule has 0 N–H and O–H groups in total. The van der Waals surface area contributed by atoms with Crippen LogP contribution in [-0.4, -0.2) is 36.7 Å². The van der Waals surface area contributed by atoms with E-state index in [9.17, 15) is 18.0 Å². The molecule has 156 valence electrons. The van der Waals surface area contributed by atoms with E-state index in [-0.39, 0.29) is 5.75 Å². The first-order chi connectivity index (χ1) is 13.8. The summed E-state index contributed by atoms with van der Waals surface area (Å²) in [7, 11) is 0. The Morgan fingerprint density at radius 2 is 2.14 bits per heavy atom. The third kappa shape index (κ3) is 7.69. The summed E-state index contributed by atoms with van der Waals surface area (Å²) in [6, 6.07) is 5.73. The number of carbonyl (C=O) groups excluding carboxylic acids is 1. The van der Waals surface area contributed by atoms with Gasteiger partial charge in [-0.15, -0.1) is 24.5 Å². The third-order valence-corrected chi connectivity index (χ3v) is 4.55. The molecule has 0 amide bonds. The van der Waals surface area contributed by atoms with Crippen molar-refractivity contribution in [2.45, 2.75) is 33.1 Å². The number of esters is 1. The maximum atomic E-state index is 12.4. The van der Waals surface area contributed by atoms with Gasteiger partial charge in [0, 0.05) is 30.1 Å².